The van der Waals surface area contributed by atoms with E-state index >= 15 is 0 Å². The van der Waals surface area contributed by atoms with Gasteiger partial charge in [-0.25, -0.2) is 9.97 Å². The molecule has 3 N–H and O–H groups in total. The van der Waals surface area contributed by atoms with Crippen molar-refractivity contribution in [2.24, 2.45) is 0 Å². The maximum atomic E-state index is 10.4. The summed E-state index contributed by atoms with van der Waals surface area (Å²) in [5.41, 5.74) is 0.790. The van der Waals surface area contributed by atoms with Crippen LogP contribution in [0.5, 0.6) is 0 Å². The summed E-state index contributed by atoms with van der Waals surface area (Å²) in [6, 6.07) is 1.90. The lowest BCUT2D eigenvalue weighted by atomic mass is 10.3. The van der Waals surface area contributed by atoms with Gasteiger partial charge in [-0.2, -0.15) is 0 Å². The van der Waals surface area contributed by atoms with E-state index in [-0.39, 0.29) is 6.42 Å². The van der Waals surface area contributed by atoms with Crippen LogP contribution in [0.4, 0.5) is 5.82 Å². The fourth-order valence-corrected chi connectivity index (χ4v) is 1.63. The number of hydrogen-bond acceptors (Lipinski definition) is 4. The van der Waals surface area contributed by atoms with Crippen LogP contribution in [0.1, 0.15) is 18.7 Å². The van der Waals surface area contributed by atoms with Crippen LogP contribution in [0.25, 0.3) is 11.0 Å². The summed E-state index contributed by atoms with van der Waals surface area (Å²) >= 11 is 0. The van der Waals surface area contributed by atoms with Gasteiger partial charge >= 0.3 is 5.97 Å². The second kappa shape index (κ2) is 4.82. The minimum atomic E-state index is -0.780. The summed E-state index contributed by atoms with van der Waals surface area (Å²) in [5, 5.41) is 12.6. The van der Waals surface area contributed by atoms with E-state index in [1.165, 1.54) is 0 Å². The summed E-state index contributed by atoms with van der Waals surface area (Å²) in [7, 11) is 0. The average Bonchev–Trinajstić information content (AvgIpc) is 2.71. The molecule has 0 saturated heterocycles. The lowest BCUT2D eigenvalue weighted by Gasteiger charge is -2.06. The molecule has 0 aliphatic rings. The van der Waals surface area contributed by atoms with Gasteiger partial charge < -0.3 is 15.4 Å². The number of H-pyrrole nitrogens is 1. The first-order valence-corrected chi connectivity index (χ1v) is 5.44. The second-order valence-electron chi connectivity index (χ2n) is 3.78. The number of carbonyl (C=O) groups is 1. The Labute approximate surface area is 98.1 Å². The number of aryl methyl sites for hydroxylation is 1. The normalized spacial score (nSPS) is 10.6. The number of carboxylic acid groups (broad SMARTS) is 1. The molecule has 0 amide bonds. The molecule has 0 aliphatic heterocycles. The van der Waals surface area contributed by atoms with E-state index in [2.05, 4.69) is 20.3 Å². The molecule has 17 heavy (non-hydrogen) atoms. The van der Waals surface area contributed by atoms with Crippen molar-refractivity contribution < 1.29 is 9.90 Å². The summed E-state index contributed by atoms with van der Waals surface area (Å²) in [6.45, 7) is 2.41. The van der Waals surface area contributed by atoms with E-state index in [0.29, 0.717) is 18.8 Å². The summed E-state index contributed by atoms with van der Waals surface area (Å²) < 4.78 is 0. The zero-order valence-electron chi connectivity index (χ0n) is 9.53. The highest BCUT2D eigenvalue weighted by molar-refractivity contribution is 5.86. The Morgan fingerprint density at radius 3 is 3.12 bits per heavy atom. The third-order valence-electron chi connectivity index (χ3n) is 2.39. The van der Waals surface area contributed by atoms with E-state index in [9.17, 15) is 4.79 Å². The van der Waals surface area contributed by atoms with Crippen molar-refractivity contribution in [2.75, 3.05) is 11.9 Å². The molecule has 2 aromatic rings. The Hall–Kier alpha value is -2.11. The minimum absolute atomic E-state index is 0.160. The smallest absolute Gasteiger partial charge is 0.303 e. The lowest BCUT2D eigenvalue weighted by Crippen LogP contribution is -2.07. The van der Waals surface area contributed by atoms with Crippen molar-refractivity contribution >= 4 is 22.8 Å². The number of aromatic amines is 1. The molecule has 0 unspecified atom stereocenters. The van der Waals surface area contributed by atoms with E-state index in [4.69, 9.17) is 5.11 Å². The van der Waals surface area contributed by atoms with Gasteiger partial charge in [-0.15, -0.1) is 0 Å². The molecule has 0 fully saturated rings. The number of nitrogens with one attached hydrogen (secondary N) is 2. The predicted molar refractivity (Wildman–Crippen MR) is 64.0 cm³/mol. The van der Waals surface area contributed by atoms with Gasteiger partial charge in [-0.3, -0.25) is 4.79 Å². The van der Waals surface area contributed by atoms with Crippen molar-refractivity contribution in [2.45, 2.75) is 19.8 Å². The number of rotatable bonds is 5. The van der Waals surface area contributed by atoms with E-state index in [0.717, 1.165) is 16.9 Å². The molecule has 0 aliphatic carbocycles. The van der Waals surface area contributed by atoms with Gasteiger partial charge in [-0.05, 0) is 19.4 Å². The van der Waals surface area contributed by atoms with E-state index < -0.39 is 5.97 Å². The predicted octanol–water partition coefficient (Wildman–Crippen LogP) is 1.54. The fraction of sp³-hybridized carbons (Fsp3) is 0.364. The van der Waals surface area contributed by atoms with Crippen LogP contribution in [0.2, 0.25) is 0 Å². The maximum absolute atomic E-state index is 10.4. The molecular weight excluding hydrogens is 220 g/mol. The standard InChI is InChI=1S/C11H14N4O2/c1-7-14-10(12-5-2-3-9(16)17)8-4-6-13-11(8)15-7/h4,6H,2-3,5H2,1H3,(H,16,17)(H2,12,13,14,15). The maximum Gasteiger partial charge on any atom is 0.303 e. The molecule has 90 valence electrons. The first-order chi connectivity index (χ1) is 8.16. The Balaban J connectivity index is 2.07. The Bertz CT molecular complexity index is 535. The summed E-state index contributed by atoms with van der Waals surface area (Å²) in [6.07, 6.45) is 2.54. The molecule has 2 rings (SSSR count). The van der Waals surface area contributed by atoms with Gasteiger partial charge in [0.25, 0.3) is 0 Å². The molecule has 0 spiro atoms. The quantitative estimate of drug-likeness (QED) is 0.683. The third kappa shape index (κ3) is 2.72. The highest BCUT2D eigenvalue weighted by atomic mass is 16.4. The van der Waals surface area contributed by atoms with Gasteiger partial charge in [0.05, 0.1) is 5.39 Å². The van der Waals surface area contributed by atoms with Crippen LogP contribution in [-0.4, -0.2) is 32.6 Å². The molecule has 6 nitrogen and oxygen atoms in total. The number of fused-ring (bicyclic) bond motifs is 1. The van der Waals surface area contributed by atoms with Crippen LogP contribution in [0.15, 0.2) is 12.3 Å². The molecule has 6 heteroatoms. The van der Waals surface area contributed by atoms with Crippen LogP contribution < -0.4 is 5.32 Å². The first kappa shape index (κ1) is 11.4. The highest BCUT2D eigenvalue weighted by Crippen LogP contribution is 2.18. The van der Waals surface area contributed by atoms with Crippen LogP contribution in [-0.2, 0) is 4.79 Å². The average molecular weight is 234 g/mol. The Kier molecular flexibility index (Phi) is 3.22. The van der Waals surface area contributed by atoms with Crippen molar-refractivity contribution in [1.29, 1.82) is 0 Å². The van der Waals surface area contributed by atoms with Gasteiger partial charge in [-0.1, -0.05) is 0 Å². The van der Waals surface area contributed by atoms with Crippen LogP contribution in [0.3, 0.4) is 0 Å². The number of nitrogens with zero attached hydrogens (tertiary/aromatic N) is 2. The topological polar surface area (TPSA) is 90.9 Å². The first-order valence-electron chi connectivity index (χ1n) is 5.44. The molecule has 0 atom stereocenters. The summed E-state index contributed by atoms with van der Waals surface area (Å²) in [4.78, 5) is 22.0. The Morgan fingerprint density at radius 1 is 1.53 bits per heavy atom. The summed E-state index contributed by atoms with van der Waals surface area (Å²) in [5.74, 6) is 0.650. The largest absolute Gasteiger partial charge is 0.481 e. The van der Waals surface area contributed by atoms with Gasteiger partial charge in [0.2, 0.25) is 0 Å². The third-order valence-corrected chi connectivity index (χ3v) is 2.39. The van der Waals surface area contributed by atoms with Crippen molar-refractivity contribution in [3.05, 3.63) is 18.1 Å². The van der Waals surface area contributed by atoms with Gasteiger partial charge in [0.1, 0.15) is 17.3 Å². The van der Waals surface area contributed by atoms with E-state index in [1.807, 2.05) is 13.0 Å². The number of hydrogen-bond donors (Lipinski definition) is 3. The highest BCUT2D eigenvalue weighted by Gasteiger charge is 2.06. The number of anilines is 1. The zero-order valence-corrected chi connectivity index (χ0v) is 9.53. The van der Waals surface area contributed by atoms with Crippen molar-refractivity contribution in [1.82, 2.24) is 15.0 Å². The molecule has 2 heterocycles. The number of aliphatic carboxylic acids is 1. The van der Waals surface area contributed by atoms with Crippen molar-refractivity contribution in [3.8, 4) is 0 Å². The molecule has 0 aromatic carbocycles. The molecule has 0 saturated carbocycles. The van der Waals surface area contributed by atoms with Crippen LogP contribution in [0, 0.1) is 6.92 Å². The molecular formula is C11H14N4O2. The monoisotopic (exact) mass is 234 g/mol. The zero-order chi connectivity index (χ0) is 12.3. The second-order valence-corrected chi connectivity index (χ2v) is 3.78. The number of aromatic nitrogens is 3. The van der Waals surface area contributed by atoms with Gasteiger partial charge in [0, 0.05) is 19.2 Å². The van der Waals surface area contributed by atoms with Gasteiger partial charge in [0.15, 0.2) is 0 Å². The molecule has 0 radical (unpaired) electrons. The Morgan fingerprint density at radius 2 is 2.35 bits per heavy atom. The number of carboxylic acids is 1. The fourth-order valence-electron chi connectivity index (χ4n) is 1.63. The lowest BCUT2D eigenvalue weighted by molar-refractivity contribution is -0.137. The van der Waals surface area contributed by atoms with Crippen LogP contribution >= 0.6 is 0 Å². The molecule has 2 aromatic heterocycles. The molecule has 0 bridgehead atoms. The van der Waals surface area contributed by atoms with Crippen molar-refractivity contribution in [3.63, 3.8) is 0 Å². The van der Waals surface area contributed by atoms with E-state index in [1.54, 1.807) is 6.20 Å². The minimum Gasteiger partial charge on any atom is -0.481 e. The SMILES string of the molecule is Cc1nc(NCCCC(=O)O)c2cc[nH]c2n1.